The third-order valence-electron chi connectivity index (χ3n) is 2.40. The molecule has 0 bridgehead atoms. The molecule has 0 atom stereocenters. The fourth-order valence-corrected chi connectivity index (χ4v) is 1.30. The normalized spacial score (nSPS) is 12.0. The van der Waals surface area contributed by atoms with Crippen molar-refractivity contribution in [3.05, 3.63) is 18.0 Å². The number of ether oxygens (including phenoxy) is 1. The molecule has 0 radical (unpaired) electrons. The SMILES string of the molecule is CC(C)(C#N)CCCOc1nccc(C(F)(F)F)n1. The van der Waals surface area contributed by atoms with Gasteiger partial charge in [0.15, 0.2) is 5.69 Å². The second kappa shape index (κ2) is 5.87. The molecule has 0 saturated carbocycles. The van der Waals surface area contributed by atoms with Crippen LogP contribution < -0.4 is 4.74 Å². The van der Waals surface area contributed by atoms with E-state index in [2.05, 4.69) is 16.0 Å². The highest BCUT2D eigenvalue weighted by Gasteiger charge is 2.33. The van der Waals surface area contributed by atoms with Crippen molar-refractivity contribution in [3.63, 3.8) is 0 Å². The molecule has 4 nitrogen and oxygen atoms in total. The van der Waals surface area contributed by atoms with Gasteiger partial charge in [-0.2, -0.15) is 23.4 Å². The smallest absolute Gasteiger partial charge is 0.433 e. The standard InChI is InChI=1S/C12H14F3N3O/c1-11(2,8-16)5-3-7-19-10-17-6-4-9(18-10)12(13,14)15/h4,6H,3,5,7H2,1-2H3. The zero-order valence-corrected chi connectivity index (χ0v) is 10.7. The van der Waals surface area contributed by atoms with Crippen LogP contribution in [0.15, 0.2) is 12.3 Å². The summed E-state index contributed by atoms with van der Waals surface area (Å²) in [5.41, 5.74) is -1.51. The van der Waals surface area contributed by atoms with Gasteiger partial charge in [0.2, 0.25) is 0 Å². The summed E-state index contributed by atoms with van der Waals surface area (Å²) >= 11 is 0. The number of nitrogens with zero attached hydrogens (tertiary/aromatic N) is 3. The van der Waals surface area contributed by atoms with Gasteiger partial charge in [-0.3, -0.25) is 0 Å². The number of alkyl halides is 3. The molecule has 104 valence electrons. The topological polar surface area (TPSA) is 58.8 Å². The highest BCUT2D eigenvalue weighted by Crippen LogP contribution is 2.28. The number of rotatable bonds is 5. The Morgan fingerprint density at radius 2 is 2.05 bits per heavy atom. The van der Waals surface area contributed by atoms with Crippen molar-refractivity contribution in [3.8, 4) is 12.1 Å². The molecule has 0 aliphatic rings. The lowest BCUT2D eigenvalue weighted by molar-refractivity contribution is -0.141. The predicted molar refractivity (Wildman–Crippen MR) is 61.2 cm³/mol. The van der Waals surface area contributed by atoms with Gasteiger partial charge in [-0.1, -0.05) is 0 Å². The lowest BCUT2D eigenvalue weighted by atomic mass is 9.90. The number of hydrogen-bond acceptors (Lipinski definition) is 4. The quantitative estimate of drug-likeness (QED) is 0.773. The van der Waals surface area contributed by atoms with Crippen molar-refractivity contribution in [2.24, 2.45) is 5.41 Å². The molecule has 0 aliphatic heterocycles. The Bertz CT molecular complexity index is 466. The molecule has 0 unspecified atom stereocenters. The fourth-order valence-electron chi connectivity index (χ4n) is 1.30. The highest BCUT2D eigenvalue weighted by atomic mass is 19.4. The predicted octanol–water partition coefficient (Wildman–Crippen LogP) is 3.20. The lowest BCUT2D eigenvalue weighted by Crippen LogP contribution is -2.12. The van der Waals surface area contributed by atoms with Crippen molar-refractivity contribution in [2.45, 2.75) is 32.9 Å². The Hall–Kier alpha value is -1.84. The van der Waals surface area contributed by atoms with E-state index in [1.54, 1.807) is 13.8 Å². The minimum absolute atomic E-state index is 0.173. The molecule has 1 rings (SSSR count). The van der Waals surface area contributed by atoms with E-state index in [9.17, 15) is 13.2 Å². The van der Waals surface area contributed by atoms with E-state index in [4.69, 9.17) is 10.00 Å². The Morgan fingerprint density at radius 1 is 1.37 bits per heavy atom. The minimum Gasteiger partial charge on any atom is -0.463 e. The van der Waals surface area contributed by atoms with Gasteiger partial charge in [0.25, 0.3) is 0 Å². The molecule has 0 saturated heterocycles. The third-order valence-corrected chi connectivity index (χ3v) is 2.40. The average Bonchev–Trinajstić information content (AvgIpc) is 2.34. The molecule has 0 N–H and O–H groups in total. The van der Waals surface area contributed by atoms with Gasteiger partial charge in [-0.15, -0.1) is 0 Å². The summed E-state index contributed by atoms with van der Waals surface area (Å²) in [4.78, 5) is 6.88. The van der Waals surface area contributed by atoms with Gasteiger partial charge in [-0.25, -0.2) is 4.98 Å². The molecular formula is C12H14F3N3O. The van der Waals surface area contributed by atoms with E-state index in [0.29, 0.717) is 12.8 Å². The molecule has 1 aromatic rings. The molecule has 0 fully saturated rings. The van der Waals surface area contributed by atoms with Crippen LogP contribution in [0.25, 0.3) is 0 Å². The summed E-state index contributed by atoms with van der Waals surface area (Å²) in [5, 5.41) is 8.80. The maximum atomic E-state index is 12.4. The third kappa shape index (κ3) is 5.12. The van der Waals surface area contributed by atoms with Crippen molar-refractivity contribution >= 4 is 0 Å². The zero-order chi connectivity index (χ0) is 14.5. The molecule has 0 spiro atoms. The van der Waals surface area contributed by atoms with Crippen molar-refractivity contribution in [1.29, 1.82) is 5.26 Å². The first-order chi connectivity index (χ1) is 8.74. The number of halogens is 3. The molecule has 1 aromatic heterocycles. The van der Waals surface area contributed by atoms with Gasteiger partial charge in [0.1, 0.15) is 0 Å². The maximum Gasteiger partial charge on any atom is 0.433 e. The molecule has 1 heterocycles. The number of aromatic nitrogens is 2. The lowest BCUT2D eigenvalue weighted by Gasteiger charge is -2.14. The van der Waals surface area contributed by atoms with Crippen molar-refractivity contribution in [2.75, 3.05) is 6.61 Å². The Morgan fingerprint density at radius 3 is 2.63 bits per heavy atom. The molecule has 7 heteroatoms. The Kier molecular flexibility index (Phi) is 4.70. The van der Waals surface area contributed by atoms with Crippen molar-refractivity contribution < 1.29 is 17.9 Å². The van der Waals surface area contributed by atoms with Gasteiger partial charge >= 0.3 is 12.2 Å². The van der Waals surface area contributed by atoms with Gasteiger partial charge in [-0.05, 0) is 32.8 Å². The second-order valence-electron chi connectivity index (χ2n) is 4.67. The van der Waals surface area contributed by atoms with E-state index in [-0.39, 0.29) is 12.6 Å². The molecular weight excluding hydrogens is 259 g/mol. The Labute approximate surface area is 109 Å². The van der Waals surface area contributed by atoms with Crippen LogP contribution in [-0.4, -0.2) is 16.6 Å². The van der Waals surface area contributed by atoms with Crippen molar-refractivity contribution in [1.82, 2.24) is 9.97 Å². The molecule has 19 heavy (non-hydrogen) atoms. The summed E-state index contributed by atoms with van der Waals surface area (Å²) in [6.45, 7) is 3.74. The number of hydrogen-bond donors (Lipinski definition) is 0. The van der Waals surface area contributed by atoms with E-state index in [0.717, 1.165) is 12.3 Å². The first kappa shape index (κ1) is 15.2. The van der Waals surface area contributed by atoms with Gasteiger partial charge < -0.3 is 4.74 Å². The first-order valence-corrected chi connectivity index (χ1v) is 5.69. The zero-order valence-electron chi connectivity index (χ0n) is 10.7. The molecule has 0 aliphatic carbocycles. The largest absolute Gasteiger partial charge is 0.463 e. The van der Waals surface area contributed by atoms with Crippen LogP contribution in [0.5, 0.6) is 6.01 Å². The van der Waals surface area contributed by atoms with E-state index >= 15 is 0 Å². The van der Waals surface area contributed by atoms with Crippen LogP contribution >= 0.6 is 0 Å². The van der Waals surface area contributed by atoms with Crippen LogP contribution in [0.2, 0.25) is 0 Å². The Balaban J connectivity index is 2.49. The first-order valence-electron chi connectivity index (χ1n) is 5.69. The highest BCUT2D eigenvalue weighted by molar-refractivity contribution is 5.08. The van der Waals surface area contributed by atoms with E-state index in [1.807, 2.05) is 0 Å². The molecule has 0 aromatic carbocycles. The van der Waals surface area contributed by atoms with Crippen LogP contribution in [0, 0.1) is 16.7 Å². The van der Waals surface area contributed by atoms with Gasteiger partial charge in [0.05, 0.1) is 18.1 Å². The van der Waals surface area contributed by atoms with E-state index < -0.39 is 17.3 Å². The second-order valence-corrected chi connectivity index (χ2v) is 4.67. The van der Waals surface area contributed by atoms with Crippen LogP contribution in [0.1, 0.15) is 32.4 Å². The fraction of sp³-hybridized carbons (Fsp3) is 0.583. The summed E-state index contributed by atoms with van der Waals surface area (Å²) < 4.78 is 42.2. The molecule has 0 amide bonds. The van der Waals surface area contributed by atoms with Gasteiger partial charge in [0, 0.05) is 6.20 Å². The summed E-state index contributed by atoms with van der Waals surface area (Å²) in [6, 6.07) is 2.62. The summed E-state index contributed by atoms with van der Waals surface area (Å²) in [5.74, 6) is 0. The summed E-state index contributed by atoms with van der Waals surface area (Å²) in [7, 11) is 0. The van der Waals surface area contributed by atoms with Crippen LogP contribution in [0.4, 0.5) is 13.2 Å². The number of nitriles is 1. The average molecular weight is 273 g/mol. The van der Waals surface area contributed by atoms with E-state index in [1.165, 1.54) is 0 Å². The van der Waals surface area contributed by atoms with Crippen LogP contribution in [0.3, 0.4) is 0 Å². The monoisotopic (exact) mass is 273 g/mol. The summed E-state index contributed by atoms with van der Waals surface area (Å²) in [6.07, 6.45) is -2.38. The van der Waals surface area contributed by atoms with Crippen LogP contribution in [-0.2, 0) is 6.18 Å². The maximum absolute atomic E-state index is 12.4. The minimum atomic E-state index is -4.51.